The predicted molar refractivity (Wildman–Crippen MR) is 122 cm³/mol. The van der Waals surface area contributed by atoms with Crippen LogP contribution in [-0.2, 0) is 9.53 Å². The molecular weight excluding hydrogens is 384 g/mol. The van der Waals surface area contributed by atoms with E-state index >= 15 is 0 Å². The van der Waals surface area contributed by atoms with Crippen LogP contribution in [0, 0.1) is 29.1 Å². The molecular formula is C27H40N2O2. The molecule has 0 radical (unpaired) electrons. The largest absolute Gasteiger partial charge is 0.369 e. The minimum absolute atomic E-state index is 0.0475. The second-order valence-electron chi connectivity index (χ2n) is 11.9. The first-order valence-corrected chi connectivity index (χ1v) is 13.0. The Kier molecular flexibility index (Phi) is 4.74. The van der Waals surface area contributed by atoms with E-state index in [2.05, 4.69) is 31.4 Å². The summed E-state index contributed by atoms with van der Waals surface area (Å²) < 4.78 is 6.94. The summed E-state index contributed by atoms with van der Waals surface area (Å²) in [5, 5.41) is 6.90. The van der Waals surface area contributed by atoms with Crippen molar-refractivity contribution in [1.82, 2.24) is 10.6 Å². The standard InChI is InChI=1S/C27H40N2O2/c1-16-15-27(17(2)25-23(31-27)5-4-11-29-25)9-8-19-20-7-6-18-13-24(30)28-12-10-26(18,3)22(20)14-21(16)19/h13,17,19-20,22-23,25,29H,4-12,14-15H2,1-3H3,(H,28,30). The number of carbonyl (C=O) groups excluding carboxylic acids is 1. The molecule has 2 N–H and O–H groups in total. The van der Waals surface area contributed by atoms with E-state index in [0.29, 0.717) is 24.0 Å². The quantitative estimate of drug-likeness (QED) is 0.563. The summed E-state index contributed by atoms with van der Waals surface area (Å²) in [6.07, 6.45) is 13.2. The van der Waals surface area contributed by atoms with E-state index in [-0.39, 0.29) is 16.9 Å². The fourth-order valence-corrected chi connectivity index (χ4v) is 8.93. The van der Waals surface area contributed by atoms with E-state index < -0.39 is 0 Å². The third-order valence-corrected chi connectivity index (χ3v) is 10.7. The molecule has 0 aromatic heterocycles. The number of rotatable bonds is 0. The Morgan fingerprint density at radius 1 is 1.16 bits per heavy atom. The van der Waals surface area contributed by atoms with Crippen molar-refractivity contribution in [1.29, 1.82) is 0 Å². The van der Waals surface area contributed by atoms with Crippen molar-refractivity contribution in [3.05, 3.63) is 22.8 Å². The number of nitrogens with one attached hydrogen (secondary N) is 2. The second kappa shape index (κ2) is 7.18. The Hall–Kier alpha value is -1.13. The lowest BCUT2D eigenvalue weighted by atomic mass is 9.58. The van der Waals surface area contributed by atoms with Crippen molar-refractivity contribution in [2.24, 2.45) is 29.1 Å². The maximum atomic E-state index is 12.2. The van der Waals surface area contributed by atoms with Crippen molar-refractivity contribution in [3.63, 3.8) is 0 Å². The molecule has 2 saturated heterocycles. The number of ether oxygens (including phenoxy) is 1. The molecule has 4 nitrogen and oxygen atoms in total. The molecule has 0 bridgehead atoms. The monoisotopic (exact) mass is 424 g/mol. The molecule has 1 amide bonds. The molecule has 4 heteroatoms. The summed E-state index contributed by atoms with van der Waals surface area (Å²) in [4.78, 5) is 12.2. The van der Waals surface area contributed by atoms with Gasteiger partial charge in [-0.1, -0.05) is 30.6 Å². The van der Waals surface area contributed by atoms with Crippen molar-refractivity contribution in [2.75, 3.05) is 13.1 Å². The van der Waals surface area contributed by atoms with Crippen LogP contribution in [0.15, 0.2) is 22.8 Å². The number of piperidine rings is 1. The summed E-state index contributed by atoms with van der Waals surface area (Å²) in [6.45, 7) is 9.33. The molecule has 2 saturated carbocycles. The highest BCUT2D eigenvalue weighted by Crippen LogP contribution is 2.63. The molecule has 3 aliphatic heterocycles. The molecule has 170 valence electrons. The van der Waals surface area contributed by atoms with E-state index in [9.17, 15) is 4.79 Å². The van der Waals surface area contributed by atoms with Crippen molar-refractivity contribution in [3.8, 4) is 0 Å². The Bertz CT molecular complexity index is 846. The lowest BCUT2D eigenvalue weighted by molar-refractivity contribution is -0.116. The van der Waals surface area contributed by atoms with Gasteiger partial charge in [0, 0.05) is 24.6 Å². The van der Waals surface area contributed by atoms with Crippen LogP contribution in [0.1, 0.15) is 78.6 Å². The minimum atomic E-state index is 0.0475. The molecule has 31 heavy (non-hydrogen) atoms. The summed E-state index contributed by atoms with van der Waals surface area (Å²) in [5.74, 6) is 2.95. The SMILES string of the molecule is CC1=C2CC3C(CCC4=CC(=O)NCCC43C)C2CCC2(C1)OC1CCCNC1C2C. The molecule has 8 unspecified atom stereocenters. The van der Waals surface area contributed by atoms with Crippen LogP contribution in [0.3, 0.4) is 0 Å². The highest BCUT2D eigenvalue weighted by molar-refractivity contribution is 5.88. The summed E-state index contributed by atoms with van der Waals surface area (Å²) in [6, 6.07) is 0.551. The van der Waals surface area contributed by atoms with E-state index in [1.165, 1.54) is 44.1 Å². The number of hydrogen-bond acceptors (Lipinski definition) is 3. The second-order valence-corrected chi connectivity index (χ2v) is 11.9. The summed E-state index contributed by atoms with van der Waals surface area (Å²) >= 11 is 0. The smallest absolute Gasteiger partial charge is 0.243 e. The molecule has 0 aromatic rings. The third-order valence-electron chi connectivity index (χ3n) is 10.7. The molecule has 8 atom stereocenters. The van der Waals surface area contributed by atoms with Gasteiger partial charge in [0.1, 0.15) is 0 Å². The average Bonchev–Trinajstić information content (AvgIpc) is 3.15. The van der Waals surface area contributed by atoms with Gasteiger partial charge in [0.2, 0.25) is 5.91 Å². The summed E-state index contributed by atoms with van der Waals surface area (Å²) in [5.41, 5.74) is 5.08. The number of hydrogen-bond donors (Lipinski definition) is 2. The topological polar surface area (TPSA) is 50.4 Å². The van der Waals surface area contributed by atoms with Crippen molar-refractivity contribution < 1.29 is 9.53 Å². The van der Waals surface area contributed by atoms with Gasteiger partial charge in [-0.3, -0.25) is 4.79 Å². The lowest BCUT2D eigenvalue weighted by Gasteiger charge is -2.46. The average molecular weight is 425 g/mol. The maximum absolute atomic E-state index is 12.2. The third kappa shape index (κ3) is 2.96. The Balaban J connectivity index is 1.31. The van der Waals surface area contributed by atoms with Gasteiger partial charge in [-0.2, -0.15) is 0 Å². The van der Waals surface area contributed by atoms with Crippen molar-refractivity contribution >= 4 is 5.91 Å². The predicted octanol–water partition coefficient (Wildman–Crippen LogP) is 4.51. The van der Waals surface area contributed by atoms with Crippen LogP contribution in [0.4, 0.5) is 0 Å². The molecule has 1 spiro atoms. The van der Waals surface area contributed by atoms with E-state index in [4.69, 9.17) is 4.74 Å². The molecule has 3 aliphatic carbocycles. The van der Waals surface area contributed by atoms with E-state index in [1.54, 1.807) is 11.1 Å². The zero-order valence-electron chi connectivity index (χ0n) is 19.6. The number of carbonyl (C=O) groups is 1. The van der Waals surface area contributed by atoms with Crippen LogP contribution in [0.25, 0.3) is 0 Å². The first-order chi connectivity index (χ1) is 14.9. The van der Waals surface area contributed by atoms with Crippen LogP contribution >= 0.6 is 0 Å². The van der Waals surface area contributed by atoms with Gasteiger partial charge in [0.25, 0.3) is 0 Å². The minimum Gasteiger partial charge on any atom is -0.369 e. The fraction of sp³-hybridized carbons (Fsp3) is 0.815. The molecule has 0 aromatic carbocycles. The number of fused-ring (bicyclic) bond motifs is 6. The van der Waals surface area contributed by atoms with Crippen LogP contribution in [-0.4, -0.2) is 36.7 Å². The maximum Gasteiger partial charge on any atom is 0.243 e. The molecule has 3 heterocycles. The fourth-order valence-electron chi connectivity index (χ4n) is 8.93. The summed E-state index contributed by atoms with van der Waals surface area (Å²) in [7, 11) is 0. The molecule has 4 fully saturated rings. The number of allylic oxidation sites excluding steroid dienone is 2. The zero-order valence-corrected chi connectivity index (χ0v) is 19.6. The highest BCUT2D eigenvalue weighted by Gasteiger charge is 2.57. The highest BCUT2D eigenvalue weighted by atomic mass is 16.5. The van der Waals surface area contributed by atoms with Crippen LogP contribution < -0.4 is 10.6 Å². The van der Waals surface area contributed by atoms with E-state index in [1.807, 2.05) is 6.08 Å². The van der Waals surface area contributed by atoms with Gasteiger partial charge in [0.05, 0.1) is 11.7 Å². The van der Waals surface area contributed by atoms with Gasteiger partial charge in [0.15, 0.2) is 0 Å². The van der Waals surface area contributed by atoms with Crippen LogP contribution in [0.2, 0.25) is 0 Å². The molecule has 6 aliphatic rings. The van der Waals surface area contributed by atoms with Gasteiger partial charge in [-0.15, -0.1) is 0 Å². The normalized spacial score (nSPS) is 49.4. The van der Waals surface area contributed by atoms with E-state index in [0.717, 1.165) is 44.2 Å². The Morgan fingerprint density at radius 2 is 2.03 bits per heavy atom. The Labute approximate surface area is 187 Å². The first kappa shape index (κ1) is 20.5. The lowest BCUT2D eigenvalue weighted by Crippen LogP contribution is -2.46. The number of amides is 1. The zero-order chi connectivity index (χ0) is 21.4. The molecule has 6 rings (SSSR count). The Morgan fingerprint density at radius 3 is 2.87 bits per heavy atom. The van der Waals surface area contributed by atoms with Gasteiger partial charge < -0.3 is 15.4 Å². The van der Waals surface area contributed by atoms with Gasteiger partial charge in [-0.25, -0.2) is 0 Å². The van der Waals surface area contributed by atoms with Crippen molar-refractivity contribution in [2.45, 2.75) is 96.3 Å². The van der Waals surface area contributed by atoms with Crippen LogP contribution in [0.5, 0.6) is 0 Å². The van der Waals surface area contributed by atoms with Gasteiger partial charge >= 0.3 is 0 Å². The first-order valence-electron chi connectivity index (χ1n) is 13.0. The van der Waals surface area contributed by atoms with Gasteiger partial charge in [-0.05, 0) is 94.4 Å².